The van der Waals surface area contributed by atoms with E-state index in [4.69, 9.17) is 26.3 Å². The highest BCUT2D eigenvalue weighted by atomic mass is 35.5. The number of rotatable bonds is 6. The van der Waals surface area contributed by atoms with E-state index in [1.807, 2.05) is 54.6 Å². The molecule has 36 heavy (non-hydrogen) atoms. The number of hydrogen-bond donors (Lipinski definition) is 1. The summed E-state index contributed by atoms with van der Waals surface area (Å²) in [7, 11) is 1.61. The number of methoxy groups -OCH3 is 1. The zero-order valence-corrected chi connectivity index (χ0v) is 21.5. The molecule has 7 heteroatoms. The maximum atomic E-state index is 6.36. The van der Waals surface area contributed by atoms with Crippen molar-refractivity contribution in [3.05, 3.63) is 90.0 Å². The summed E-state index contributed by atoms with van der Waals surface area (Å²) in [5, 5.41) is 3.96. The molecule has 3 aromatic carbocycles. The summed E-state index contributed by atoms with van der Waals surface area (Å²) in [6, 6.07) is 29.0. The normalized spacial score (nSPS) is 17.7. The molecule has 2 unspecified atom stereocenters. The lowest BCUT2D eigenvalue weighted by atomic mass is 10.1. The molecule has 2 atom stereocenters. The van der Waals surface area contributed by atoms with E-state index in [9.17, 15) is 0 Å². The summed E-state index contributed by atoms with van der Waals surface area (Å²) >= 11 is 6.36. The van der Waals surface area contributed by atoms with Gasteiger partial charge >= 0.3 is 0 Å². The Morgan fingerprint density at radius 3 is 2.17 bits per heavy atom. The lowest BCUT2D eigenvalue weighted by Crippen LogP contribution is -2.57. The molecule has 1 aliphatic heterocycles. The number of hydrogen-bond acceptors (Lipinski definition) is 6. The summed E-state index contributed by atoms with van der Waals surface area (Å²) in [4.78, 5) is 14.7. The average Bonchev–Trinajstić information content (AvgIpc) is 2.89. The van der Waals surface area contributed by atoms with Crippen molar-refractivity contribution < 1.29 is 4.74 Å². The van der Waals surface area contributed by atoms with Crippen LogP contribution >= 0.6 is 11.6 Å². The number of benzene rings is 3. The van der Waals surface area contributed by atoms with Gasteiger partial charge in [-0.2, -0.15) is 0 Å². The van der Waals surface area contributed by atoms with Crippen LogP contribution in [0.3, 0.4) is 0 Å². The zero-order valence-electron chi connectivity index (χ0n) is 20.7. The van der Waals surface area contributed by atoms with Crippen LogP contribution in [0.4, 0.5) is 23.0 Å². The third-order valence-electron chi connectivity index (χ3n) is 6.47. The molecule has 4 aromatic rings. The monoisotopic (exact) mass is 499 g/mol. The van der Waals surface area contributed by atoms with Crippen molar-refractivity contribution in [2.75, 3.05) is 35.3 Å². The highest BCUT2D eigenvalue weighted by Crippen LogP contribution is 2.32. The molecule has 0 radical (unpaired) electrons. The molecule has 5 rings (SSSR count). The van der Waals surface area contributed by atoms with Crippen LogP contribution in [0.1, 0.15) is 13.8 Å². The van der Waals surface area contributed by atoms with Crippen molar-refractivity contribution in [2.45, 2.75) is 25.9 Å². The van der Waals surface area contributed by atoms with Gasteiger partial charge < -0.3 is 19.9 Å². The van der Waals surface area contributed by atoms with Crippen molar-refractivity contribution in [3.63, 3.8) is 0 Å². The Morgan fingerprint density at radius 2 is 1.53 bits per heavy atom. The lowest BCUT2D eigenvalue weighted by molar-refractivity contribution is 0.415. The highest BCUT2D eigenvalue weighted by Gasteiger charge is 2.30. The maximum absolute atomic E-state index is 6.36. The third kappa shape index (κ3) is 5.09. The number of halogens is 1. The van der Waals surface area contributed by atoms with Crippen molar-refractivity contribution in [1.82, 2.24) is 9.97 Å². The highest BCUT2D eigenvalue weighted by molar-refractivity contribution is 6.32. The molecular weight excluding hydrogens is 470 g/mol. The minimum absolute atomic E-state index is 0.322. The molecule has 1 aliphatic rings. The average molecular weight is 500 g/mol. The van der Waals surface area contributed by atoms with Gasteiger partial charge in [0.05, 0.1) is 12.1 Å². The van der Waals surface area contributed by atoms with E-state index in [1.165, 1.54) is 5.69 Å². The van der Waals surface area contributed by atoms with Crippen LogP contribution in [0, 0.1) is 0 Å². The van der Waals surface area contributed by atoms with Crippen molar-refractivity contribution in [1.29, 1.82) is 0 Å². The van der Waals surface area contributed by atoms with Gasteiger partial charge in [0.2, 0.25) is 0 Å². The van der Waals surface area contributed by atoms with E-state index in [0.29, 0.717) is 34.5 Å². The minimum atomic E-state index is 0.322. The fraction of sp³-hybridized carbons (Fsp3) is 0.241. The van der Waals surface area contributed by atoms with Gasteiger partial charge in [0.25, 0.3) is 0 Å². The van der Waals surface area contributed by atoms with Gasteiger partial charge in [-0.25, -0.2) is 9.97 Å². The standard InChI is InChI=1S/C29H30ClN5O/c1-20-18-34(19-21(2)35(20)24-12-8-5-9-13-24)28-17-27(31-23-14-15-26(36-3)25(30)16-23)32-29(33-28)22-10-6-4-7-11-22/h4-17,20-21H,18-19H2,1-3H3,(H,31,32,33). The van der Waals surface area contributed by atoms with Crippen LogP contribution in [0.5, 0.6) is 5.75 Å². The number of aromatic nitrogens is 2. The Hall–Kier alpha value is -3.77. The van der Waals surface area contributed by atoms with Crippen LogP contribution in [-0.4, -0.2) is 42.3 Å². The van der Waals surface area contributed by atoms with E-state index in [1.54, 1.807) is 7.11 Å². The van der Waals surface area contributed by atoms with Crippen LogP contribution < -0.4 is 19.9 Å². The number of ether oxygens (including phenoxy) is 1. The van der Waals surface area contributed by atoms with Crippen molar-refractivity contribution in [3.8, 4) is 17.1 Å². The van der Waals surface area contributed by atoms with E-state index in [2.05, 4.69) is 59.3 Å². The molecule has 0 spiro atoms. The summed E-state index contributed by atoms with van der Waals surface area (Å²) in [6.45, 7) is 6.26. The van der Waals surface area contributed by atoms with Gasteiger partial charge in [-0.05, 0) is 44.2 Å². The molecule has 0 saturated carbocycles. The largest absolute Gasteiger partial charge is 0.495 e. The molecule has 0 bridgehead atoms. The van der Waals surface area contributed by atoms with Crippen molar-refractivity contribution >= 4 is 34.6 Å². The SMILES string of the molecule is COc1ccc(Nc2cc(N3CC(C)N(c4ccccc4)C(C)C3)nc(-c3ccccc3)n2)cc1Cl. The van der Waals surface area contributed by atoms with Crippen molar-refractivity contribution in [2.24, 2.45) is 0 Å². The first kappa shape index (κ1) is 23.9. The molecule has 184 valence electrons. The van der Waals surface area contributed by atoms with Crippen LogP contribution in [0.15, 0.2) is 84.9 Å². The molecule has 1 N–H and O–H groups in total. The van der Waals surface area contributed by atoms with Gasteiger partial charge in [-0.3, -0.25) is 0 Å². The van der Waals surface area contributed by atoms with Gasteiger partial charge in [-0.15, -0.1) is 0 Å². The van der Waals surface area contributed by atoms with E-state index < -0.39 is 0 Å². The van der Waals surface area contributed by atoms with Crippen LogP contribution in [-0.2, 0) is 0 Å². The zero-order chi connectivity index (χ0) is 25.1. The smallest absolute Gasteiger partial charge is 0.163 e. The Balaban J connectivity index is 1.47. The lowest BCUT2D eigenvalue weighted by Gasteiger charge is -2.46. The molecule has 1 saturated heterocycles. The van der Waals surface area contributed by atoms with Crippen LogP contribution in [0.2, 0.25) is 5.02 Å². The first-order valence-corrected chi connectivity index (χ1v) is 12.5. The summed E-state index contributed by atoms with van der Waals surface area (Å²) in [5.74, 6) is 2.93. The number of para-hydroxylation sites is 1. The first-order valence-electron chi connectivity index (χ1n) is 12.1. The first-order chi connectivity index (χ1) is 17.5. The fourth-order valence-electron chi connectivity index (χ4n) is 4.89. The Bertz CT molecular complexity index is 1310. The summed E-state index contributed by atoms with van der Waals surface area (Å²) < 4.78 is 5.29. The molecule has 2 heterocycles. The van der Waals surface area contributed by atoms with Crippen LogP contribution in [0.25, 0.3) is 11.4 Å². The second-order valence-electron chi connectivity index (χ2n) is 9.12. The molecule has 0 amide bonds. The number of anilines is 4. The predicted molar refractivity (Wildman–Crippen MR) is 149 cm³/mol. The maximum Gasteiger partial charge on any atom is 0.163 e. The molecular formula is C29H30ClN5O. The van der Waals surface area contributed by atoms with Gasteiger partial charge in [0, 0.05) is 48.2 Å². The number of piperazine rings is 1. The topological polar surface area (TPSA) is 53.5 Å². The molecule has 0 aliphatic carbocycles. The van der Waals surface area contributed by atoms with Gasteiger partial charge in [0.15, 0.2) is 5.82 Å². The molecule has 6 nitrogen and oxygen atoms in total. The quantitative estimate of drug-likeness (QED) is 0.320. The minimum Gasteiger partial charge on any atom is -0.495 e. The van der Waals surface area contributed by atoms with Gasteiger partial charge in [0.1, 0.15) is 17.4 Å². The predicted octanol–water partition coefficient (Wildman–Crippen LogP) is 6.65. The number of nitrogens with zero attached hydrogens (tertiary/aromatic N) is 4. The third-order valence-corrected chi connectivity index (χ3v) is 6.76. The van der Waals surface area contributed by atoms with E-state index in [-0.39, 0.29) is 0 Å². The summed E-state index contributed by atoms with van der Waals surface area (Å²) in [5.41, 5.74) is 3.06. The Labute approximate surface area is 217 Å². The molecule has 1 aromatic heterocycles. The number of nitrogens with one attached hydrogen (secondary N) is 1. The van der Waals surface area contributed by atoms with E-state index >= 15 is 0 Å². The summed E-state index contributed by atoms with van der Waals surface area (Å²) in [6.07, 6.45) is 0. The second kappa shape index (κ2) is 10.5. The molecule has 1 fully saturated rings. The van der Waals surface area contributed by atoms with E-state index in [0.717, 1.165) is 30.2 Å². The second-order valence-corrected chi connectivity index (χ2v) is 9.53. The Morgan fingerprint density at radius 1 is 0.861 bits per heavy atom. The van der Waals surface area contributed by atoms with Gasteiger partial charge in [-0.1, -0.05) is 60.1 Å². The fourth-order valence-corrected chi connectivity index (χ4v) is 5.15. The Kier molecular flexibility index (Phi) is 6.96.